The van der Waals surface area contributed by atoms with Crippen molar-refractivity contribution in [3.8, 4) is 0 Å². The van der Waals surface area contributed by atoms with Gasteiger partial charge in [-0.05, 0) is 70.3 Å². The van der Waals surface area contributed by atoms with E-state index in [4.69, 9.17) is 33.7 Å². The van der Waals surface area contributed by atoms with E-state index in [0.717, 1.165) is 68.6 Å². The molecule has 3 rings (SSSR count). The van der Waals surface area contributed by atoms with Gasteiger partial charge in [-0.25, -0.2) is 13.9 Å². The first kappa shape index (κ1) is 64.8. The van der Waals surface area contributed by atoms with Gasteiger partial charge in [-0.1, -0.05) is 114 Å². The number of hydrogen-bond acceptors (Lipinski definition) is 19. The Kier molecular flexibility index (Phi) is 31.4. The third kappa shape index (κ3) is 26.6. The van der Waals surface area contributed by atoms with Crippen molar-refractivity contribution in [2.45, 2.75) is 204 Å². The van der Waals surface area contributed by atoms with Crippen LogP contribution < -0.4 is 11.4 Å². The molecule has 0 spiro atoms. The topological polar surface area (TPSA) is 335 Å². The lowest BCUT2D eigenvalue weighted by molar-refractivity contribution is -0.192. The lowest BCUT2D eigenvalue weighted by atomic mass is 9.92. The summed E-state index contributed by atoms with van der Waals surface area (Å²) in [5.74, 6) is -2.88. The van der Waals surface area contributed by atoms with Crippen molar-refractivity contribution >= 4 is 33.4 Å². The molecule has 2 aliphatic rings. The van der Waals surface area contributed by atoms with E-state index < -0.39 is 121 Å². The predicted molar refractivity (Wildman–Crippen MR) is 274 cm³/mol. The van der Waals surface area contributed by atoms with Crippen LogP contribution in [0.3, 0.4) is 0 Å². The fourth-order valence-corrected chi connectivity index (χ4v) is 10.1. The number of carbonyl (C=O) groups is 2. The summed E-state index contributed by atoms with van der Waals surface area (Å²) < 4.78 is 64.8. The monoisotopic (exact) mass is 1090 g/mol. The maximum Gasteiger partial charge on any atom is 0.481 e. The molecular formula is C50H83N3O19P2. The zero-order chi connectivity index (χ0) is 54.4. The summed E-state index contributed by atoms with van der Waals surface area (Å²) in [6, 6.07) is 1.22. The van der Waals surface area contributed by atoms with E-state index in [1.807, 2.05) is 6.92 Å². The Morgan fingerprint density at radius 3 is 2.23 bits per heavy atom. The maximum absolute atomic E-state index is 13.4. The van der Waals surface area contributed by atoms with Crippen LogP contribution in [0.25, 0.3) is 0 Å². The smallest absolute Gasteiger partial charge is 0.462 e. The first-order valence-electron chi connectivity index (χ1n) is 26.0. The number of rotatable bonds is 22. The Balaban J connectivity index is 1.83. The van der Waals surface area contributed by atoms with Gasteiger partial charge in [0.25, 0.3) is 0 Å². The number of nitrogens with zero attached hydrogens (tertiary/aromatic N) is 2. The van der Waals surface area contributed by atoms with Crippen molar-refractivity contribution in [3.05, 3.63) is 71.4 Å². The van der Waals surface area contributed by atoms with E-state index in [-0.39, 0.29) is 37.9 Å². The number of esters is 2. The van der Waals surface area contributed by atoms with E-state index in [1.165, 1.54) is 37.5 Å². The van der Waals surface area contributed by atoms with E-state index in [9.17, 15) is 58.8 Å². The van der Waals surface area contributed by atoms with Gasteiger partial charge in [-0.15, -0.1) is 0 Å². The number of fused-ring (bicyclic) bond motifs is 3. The molecule has 1 saturated heterocycles. The Morgan fingerprint density at radius 1 is 0.865 bits per heavy atom. The quantitative estimate of drug-likeness (QED) is 0.0260. The fraction of sp³-hybridized carbons (Fsp3) is 0.720. The first-order chi connectivity index (χ1) is 35.3. The van der Waals surface area contributed by atoms with Gasteiger partial charge >= 0.3 is 33.3 Å². The van der Waals surface area contributed by atoms with E-state index in [2.05, 4.69) is 40.5 Å². The largest absolute Gasteiger partial charge is 0.481 e. The average molecular weight is 1090 g/mol. The molecule has 0 aliphatic carbocycles. The van der Waals surface area contributed by atoms with E-state index in [0.29, 0.717) is 19.3 Å². The number of nitrogens with two attached hydrogens (primary N) is 1. The highest BCUT2D eigenvalue weighted by atomic mass is 31.3. The maximum atomic E-state index is 13.4. The highest BCUT2D eigenvalue weighted by Crippen LogP contribution is 2.60. The number of ether oxygens (including phenoxy) is 4. The van der Waals surface area contributed by atoms with Crippen LogP contribution in [-0.4, -0.2) is 126 Å². The van der Waals surface area contributed by atoms with Crippen LogP contribution in [0.4, 0.5) is 5.82 Å². The van der Waals surface area contributed by atoms with Gasteiger partial charge in [0.1, 0.15) is 43.1 Å². The second kappa shape index (κ2) is 35.8. The summed E-state index contributed by atoms with van der Waals surface area (Å²) in [5, 5.41) is 56.9. The number of aliphatic hydroxyl groups is 5. The number of nitrogen functional groups attached to an aromatic ring is 1. The molecule has 0 radical (unpaired) electrons. The fourth-order valence-electron chi connectivity index (χ4n) is 8.02. The number of phosphoric ester groups is 2. The molecule has 1 fully saturated rings. The van der Waals surface area contributed by atoms with Crippen LogP contribution in [-0.2, 0) is 51.0 Å². The second-order valence-corrected chi connectivity index (χ2v) is 21.6. The molecule has 2 bridgehead atoms. The molecule has 9 N–H and O–H groups in total. The molecule has 22 nitrogen and oxygen atoms in total. The van der Waals surface area contributed by atoms with Gasteiger partial charge in [0, 0.05) is 31.4 Å². The van der Waals surface area contributed by atoms with Gasteiger partial charge in [0.15, 0.2) is 12.4 Å². The Labute approximate surface area is 434 Å². The summed E-state index contributed by atoms with van der Waals surface area (Å²) in [6.45, 7) is 1.37. The summed E-state index contributed by atoms with van der Waals surface area (Å²) in [5.41, 5.74) is 4.75. The van der Waals surface area contributed by atoms with E-state index in [1.54, 1.807) is 12.2 Å². The van der Waals surface area contributed by atoms with Crippen LogP contribution in [0.1, 0.15) is 155 Å². The number of cyclic esters (lactones) is 1. The highest BCUT2D eigenvalue weighted by Gasteiger charge is 2.44. The van der Waals surface area contributed by atoms with Crippen molar-refractivity contribution in [2.24, 2.45) is 5.92 Å². The first-order valence-corrected chi connectivity index (χ1v) is 29.0. The molecule has 0 saturated carbocycles. The molecule has 74 heavy (non-hydrogen) atoms. The van der Waals surface area contributed by atoms with Gasteiger partial charge in [0.05, 0.1) is 25.4 Å². The molecule has 3 heterocycles. The van der Waals surface area contributed by atoms with Gasteiger partial charge in [0.2, 0.25) is 0 Å². The molecular weight excluding hydrogens is 1010 g/mol. The lowest BCUT2D eigenvalue weighted by Crippen LogP contribution is -2.49. The standard InChI is InChI=1S/C50H83N3O19P2/c1-3-5-7-8-9-10-11-12-13-14-15-16-17-18-24-28-45(57)69-38-34-66-44(56)27-23-20-19-22-26-39-40(55)33-46(58)70-41(30-29-37(54)25-21-6-4-2)47(59)48(60)42(36-68-74(64,65)72-73(62,63)67-35-38)71-49(39)53-32-31-43(51)52-50(53)61/h9-10,12-13,19,22,29-32,37-42,46-49,54-55,58-60H,3-8,11,14-18,20-21,23-28,33-36H2,1-2H3,(H,62,63)(H,64,65)(H2,51,52,61)/b10-9-,13-12-,22-19?,30-29+/t37-,38+,39-,40-,41+,42+,46?,47-,48+,49+/m0/s1. The summed E-state index contributed by atoms with van der Waals surface area (Å²) in [7, 11) is -11.4. The third-order valence-corrected chi connectivity index (χ3v) is 14.8. The summed E-state index contributed by atoms with van der Waals surface area (Å²) in [6.07, 6.45) is 13.1. The van der Waals surface area contributed by atoms with Gasteiger partial charge in [-0.3, -0.25) is 23.2 Å². The van der Waals surface area contributed by atoms with Crippen LogP contribution in [0, 0.1) is 5.92 Å². The molecule has 0 amide bonds. The summed E-state index contributed by atoms with van der Waals surface area (Å²) in [4.78, 5) is 64.3. The zero-order valence-corrected chi connectivity index (χ0v) is 44.7. The highest BCUT2D eigenvalue weighted by molar-refractivity contribution is 7.61. The Hall–Kier alpha value is -3.44. The van der Waals surface area contributed by atoms with Crippen molar-refractivity contribution in [2.75, 3.05) is 25.6 Å². The van der Waals surface area contributed by atoms with Crippen molar-refractivity contribution in [1.82, 2.24) is 9.55 Å². The SMILES string of the molecule is CCCCC/C=C\C/C=C\CCCCCCCC(=O)O[C@@H]1COC(=O)CCCC=CC[C@@H]2[C@H](n3ccc(N)nc3=O)O[C@H](COP(=O)(O)OP(=O)(O)OC1)[C@@H](O)[C@@H](O)[C@@H](/C=C/[C@@H](O)CCCCC)OC(O)C[C@@H]2O. The number of aromatic nitrogens is 2. The van der Waals surface area contributed by atoms with Crippen molar-refractivity contribution < 1.29 is 86.3 Å². The molecule has 0 aromatic carbocycles. The number of carbonyl (C=O) groups excluding carboxylic acids is 2. The van der Waals surface area contributed by atoms with Gasteiger partial charge in [-0.2, -0.15) is 9.29 Å². The van der Waals surface area contributed by atoms with Crippen LogP contribution >= 0.6 is 15.6 Å². The summed E-state index contributed by atoms with van der Waals surface area (Å²) >= 11 is 0. The second-order valence-electron chi connectivity index (χ2n) is 18.5. The molecule has 422 valence electrons. The molecule has 1 aromatic heterocycles. The van der Waals surface area contributed by atoms with Gasteiger partial charge < -0.3 is 60.0 Å². The zero-order valence-electron chi connectivity index (χ0n) is 42.9. The number of unbranched alkanes of at least 4 members (excludes halogenated alkanes) is 10. The Morgan fingerprint density at radius 2 is 1.53 bits per heavy atom. The van der Waals surface area contributed by atoms with Crippen LogP contribution in [0.15, 0.2) is 65.7 Å². The molecule has 12 atom stereocenters. The molecule has 2 aliphatic heterocycles. The number of anilines is 1. The average Bonchev–Trinajstić information content (AvgIpc) is 3.35. The van der Waals surface area contributed by atoms with Crippen molar-refractivity contribution in [3.63, 3.8) is 0 Å². The lowest BCUT2D eigenvalue weighted by Gasteiger charge is -2.36. The number of hydrogen-bond donors (Lipinski definition) is 8. The number of allylic oxidation sites excluding steroid dienone is 6. The normalized spacial score (nSPS) is 30.2. The number of aliphatic hydroxyl groups excluding tert-OH is 5. The third-order valence-electron chi connectivity index (χ3n) is 12.2. The number of phosphoric acid groups is 2. The minimum absolute atomic E-state index is 0.0228. The van der Waals surface area contributed by atoms with Crippen LogP contribution in [0.2, 0.25) is 0 Å². The molecule has 1 aromatic rings. The minimum Gasteiger partial charge on any atom is -0.462 e. The molecule has 24 heteroatoms. The van der Waals surface area contributed by atoms with E-state index >= 15 is 0 Å². The van der Waals surface area contributed by atoms with Crippen LogP contribution in [0.5, 0.6) is 0 Å². The van der Waals surface area contributed by atoms with Crippen molar-refractivity contribution in [1.29, 1.82) is 0 Å². The molecule has 3 unspecified atom stereocenters. The predicted octanol–water partition coefficient (Wildman–Crippen LogP) is 6.66. The Bertz CT molecular complexity index is 2050. The minimum atomic E-state index is -5.74.